The van der Waals surface area contributed by atoms with E-state index in [0.717, 1.165) is 16.8 Å². The monoisotopic (exact) mass is 388 g/mol. The van der Waals surface area contributed by atoms with E-state index in [9.17, 15) is 9.59 Å². The highest BCUT2D eigenvalue weighted by atomic mass is 16.2. The van der Waals surface area contributed by atoms with Crippen molar-refractivity contribution in [3.8, 4) is 0 Å². The summed E-state index contributed by atoms with van der Waals surface area (Å²) in [5, 5.41) is 5.75. The molecule has 6 heteroatoms. The van der Waals surface area contributed by atoms with Crippen molar-refractivity contribution >= 4 is 17.5 Å². The van der Waals surface area contributed by atoms with E-state index in [1.165, 1.54) is 12.3 Å². The predicted octanol–water partition coefficient (Wildman–Crippen LogP) is 3.96. The van der Waals surface area contributed by atoms with E-state index in [0.29, 0.717) is 12.1 Å². The van der Waals surface area contributed by atoms with Crippen molar-refractivity contribution in [2.75, 3.05) is 5.32 Å². The van der Waals surface area contributed by atoms with Crippen LogP contribution in [-0.2, 0) is 12.0 Å². The fourth-order valence-corrected chi connectivity index (χ4v) is 2.91. The van der Waals surface area contributed by atoms with Crippen LogP contribution < -0.4 is 10.6 Å². The minimum absolute atomic E-state index is 0.111. The van der Waals surface area contributed by atoms with Gasteiger partial charge in [0.25, 0.3) is 11.8 Å². The van der Waals surface area contributed by atoms with Crippen LogP contribution in [0.15, 0.2) is 67.1 Å². The topological polar surface area (TPSA) is 84.0 Å². The van der Waals surface area contributed by atoms with Crippen LogP contribution in [0.2, 0.25) is 0 Å². The molecular formula is C23H24N4O2. The zero-order valence-electron chi connectivity index (χ0n) is 16.8. The summed E-state index contributed by atoms with van der Waals surface area (Å²) in [5.41, 5.74) is 3.18. The van der Waals surface area contributed by atoms with Gasteiger partial charge in [-0.25, -0.2) is 0 Å². The average molecular weight is 388 g/mol. The quantitative estimate of drug-likeness (QED) is 0.693. The summed E-state index contributed by atoms with van der Waals surface area (Å²) in [4.78, 5) is 33.2. The minimum atomic E-state index is -0.341. The molecule has 0 aliphatic carbocycles. The number of benzene rings is 1. The van der Waals surface area contributed by atoms with Crippen LogP contribution in [0.25, 0.3) is 0 Å². The Hall–Kier alpha value is -3.54. The number of pyridine rings is 2. The van der Waals surface area contributed by atoms with Crippen molar-refractivity contribution in [1.82, 2.24) is 15.3 Å². The Morgan fingerprint density at radius 2 is 1.66 bits per heavy atom. The summed E-state index contributed by atoms with van der Waals surface area (Å²) in [6.45, 7) is 6.64. The Morgan fingerprint density at radius 1 is 0.931 bits per heavy atom. The zero-order valence-corrected chi connectivity index (χ0v) is 16.8. The summed E-state index contributed by atoms with van der Waals surface area (Å²) in [6, 6.07) is 14.4. The molecule has 2 aromatic heterocycles. The summed E-state index contributed by atoms with van der Waals surface area (Å²) in [6.07, 6.45) is 4.80. The van der Waals surface area contributed by atoms with Crippen molar-refractivity contribution in [2.24, 2.45) is 0 Å². The normalized spacial score (nSPS) is 11.0. The van der Waals surface area contributed by atoms with E-state index in [-0.39, 0.29) is 22.9 Å². The van der Waals surface area contributed by atoms with Crippen molar-refractivity contribution in [1.29, 1.82) is 0 Å². The van der Waals surface area contributed by atoms with Gasteiger partial charge in [0.05, 0.1) is 0 Å². The number of carbonyl (C=O) groups excluding carboxylic acids is 2. The van der Waals surface area contributed by atoms with Gasteiger partial charge < -0.3 is 10.6 Å². The molecule has 2 heterocycles. The standard InChI is InChI=1S/C23H24N4O2/c1-23(2,3)18-6-4-5-7-19(18)27-21(28)17-10-13-25-20(14-17)22(29)26-15-16-8-11-24-12-9-16/h4-14H,15H2,1-3H3,(H,26,29)(H,27,28). The van der Waals surface area contributed by atoms with E-state index in [2.05, 4.69) is 41.4 Å². The zero-order chi connectivity index (χ0) is 20.9. The molecule has 0 atom stereocenters. The highest BCUT2D eigenvalue weighted by Gasteiger charge is 2.19. The van der Waals surface area contributed by atoms with Gasteiger partial charge in [-0.05, 0) is 46.9 Å². The van der Waals surface area contributed by atoms with Gasteiger partial charge in [-0.1, -0.05) is 39.0 Å². The van der Waals surface area contributed by atoms with E-state index < -0.39 is 0 Å². The van der Waals surface area contributed by atoms with Gasteiger partial charge in [0, 0.05) is 36.4 Å². The molecule has 1 aromatic carbocycles. The van der Waals surface area contributed by atoms with Crippen LogP contribution in [0.4, 0.5) is 5.69 Å². The number of carbonyl (C=O) groups is 2. The number of hydrogen-bond acceptors (Lipinski definition) is 4. The molecule has 0 aliphatic rings. The van der Waals surface area contributed by atoms with E-state index in [1.54, 1.807) is 18.5 Å². The number of amides is 2. The van der Waals surface area contributed by atoms with E-state index >= 15 is 0 Å². The van der Waals surface area contributed by atoms with Gasteiger partial charge in [-0.3, -0.25) is 19.6 Å². The summed E-state index contributed by atoms with van der Waals surface area (Å²) < 4.78 is 0. The summed E-state index contributed by atoms with van der Waals surface area (Å²) >= 11 is 0. The Labute approximate surface area is 170 Å². The minimum Gasteiger partial charge on any atom is -0.347 e. The molecule has 0 radical (unpaired) electrons. The van der Waals surface area contributed by atoms with Gasteiger partial charge in [-0.2, -0.15) is 0 Å². The number of nitrogens with one attached hydrogen (secondary N) is 2. The SMILES string of the molecule is CC(C)(C)c1ccccc1NC(=O)c1ccnc(C(=O)NCc2ccncc2)c1. The first-order valence-electron chi connectivity index (χ1n) is 9.38. The Balaban J connectivity index is 1.72. The van der Waals surface area contributed by atoms with Gasteiger partial charge in [0.2, 0.25) is 0 Å². The molecule has 0 fully saturated rings. The first kappa shape index (κ1) is 20.2. The van der Waals surface area contributed by atoms with Gasteiger partial charge in [0.15, 0.2) is 0 Å². The third-order valence-corrected chi connectivity index (χ3v) is 4.44. The first-order chi connectivity index (χ1) is 13.8. The van der Waals surface area contributed by atoms with E-state index in [4.69, 9.17) is 0 Å². The molecule has 148 valence electrons. The number of hydrogen-bond donors (Lipinski definition) is 2. The lowest BCUT2D eigenvalue weighted by Gasteiger charge is -2.23. The number of nitrogens with zero attached hydrogens (tertiary/aromatic N) is 2. The highest BCUT2D eigenvalue weighted by molar-refractivity contribution is 6.06. The first-order valence-corrected chi connectivity index (χ1v) is 9.38. The maximum absolute atomic E-state index is 12.8. The Kier molecular flexibility index (Phi) is 6.02. The van der Waals surface area contributed by atoms with Crippen LogP contribution in [-0.4, -0.2) is 21.8 Å². The van der Waals surface area contributed by atoms with Crippen molar-refractivity contribution in [3.05, 3.63) is 89.5 Å². The second-order valence-electron chi connectivity index (χ2n) is 7.72. The number of aromatic nitrogens is 2. The summed E-state index contributed by atoms with van der Waals surface area (Å²) in [5.74, 6) is -0.626. The molecule has 0 saturated heterocycles. The van der Waals surface area contributed by atoms with Crippen LogP contribution in [0.5, 0.6) is 0 Å². The lowest BCUT2D eigenvalue weighted by Crippen LogP contribution is -2.24. The van der Waals surface area contributed by atoms with Gasteiger partial charge in [-0.15, -0.1) is 0 Å². The molecule has 29 heavy (non-hydrogen) atoms. The second-order valence-corrected chi connectivity index (χ2v) is 7.72. The molecule has 0 saturated carbocycles. The second kappa shape index (κ2) is 8.65. The highest BCUT2D eigenvalue weighted by Crippen LogP contribution is 2.29. The number of anilines is 1. The average Bonchev–Trinajstić information content (AvgIpc) is 2.72. The molecule has 0 unspecified atom stereocenters. The fraction of sp³-hybridized carbons (Fsp3) is 0.217. The van der Waals surface area contributed by atoms with Gasteiger partial charge in [0.1, 0.15) is 5.69 Å². The molecule has 2 N–H and O–H groups in total. The molecule has 0 bridgehead atoms. The molecular weight excluding hydrogens is 364 g/mol. The van der Waals surface area contributed by atoms with Crippen LogP contribution in [0.3, 0.4) is 0 Å². The Bertz CT molecular complexity index is 1010. The smallest absolute Gasteiger partial charge is 0.270 e. The largest absolute Gasteiger partial charge is 0.347 e. The van der Waals surface area contributed by atoms with Crippen LogP contribution in [0.1, 0.15) is 52.7 Å². The van der Waals surface area contributed by atoms with Gasteiger partial charge >= 0.3 is 0 Å². The third kappa shape index (κ3) is 5.25. The van der Waals surface area contributed by atoms with Crippen molar-refractivity contribution in [3.63, 3.8) is 0 Å². The maximum Gasteiger partial charge on any atom is 0.270 e. The van der Waals surface area contributed by atoms with Crippen molar-refractivity contribution < 1.29 is 9.59 Å². The Morgan fingerprint density at radius 3 is 2.38 bits per heavy atom. The molecule has 3 rings (SSSR count). The van der Waals surface area contributed by atoms with Crippen LogP contribution in [0, 0.1) is 0 Å². The van der Waals surface area contributed by atoms with Crippen molar-refractivity contribution in [2.45, 2.75) is 32.7 Å². The predicted molar refractivity (Wildman–Crippen MR) is 113 cm³/mol. The molecule has 0 aliphatic heterocycles. The number of para-hydroxylation sites is 1. The molecule has 0 spiro atoms. The number of rotatable bonds is 5. The molecule has 2 amide bonds. The molecule has 6 nitrogen and oxygen atoms in total. The third-order valence-electron chi connectivity index (χ3n) is 4.44. The lowest BCUT2D eigenvalue weighted by atomic mass is 9.86. The van der Waals surface area contributed by atoms with E-state index in [1.807, 2.05) is 36.4 Å². The van der Waals surface area contributed by atoms with Crippen LogP contribution >= 0.6 is 0 Å². The lowest BCUT2D eigenvalue weighted by molar-refractivity contribution is 0.0946. The molecule has 3 aromatic rings. The fourth-order valence-electron chi connectivity index (χ4n) is 2.91. The maximum atomic E-state index is 12.8. The summed E-state index contributed by atoms with van der Waals surface area (Å²) in [7, 11) is 0.